The van der Waals surface area contributed by atoms with Crippen molar-refractivity contribution >= 4 is 38.8 Å². The molecule has 2 rings (SSSR count). The molecule has 0 spiro atoms. The highest BCUT2D eigenvalue weighted by Crippen LogP contribution is 2.23. The van der Waals surface area contributed by atoms with Crippen molar-refractivity contribution in [2.45, 2.75) is 12.5 Å². The van der Waals surface area contributed by atoms with Gasteiger partial charge in [-0.1, -0.05) is 4.49 Å². The van der Waals surface area contributed by atoms with Gasteiger partial charge in [0.05, 0.1) is 11.7 Å². The van der Waals surface area contributed by atoms with Gasteiger partial charge in [-0.05, 0) is 33.5 Å². The van der Waals surface area contributed by atoms with Crippen molar-refractivity contribution in [2.75, 3.05) is 0 Å². The molecule has 0 aliphatic carbocycles. The molecule has 0 saturated carbocycles. The van der Waals surface area contributed by atoms with Gasteiger partial charge in [-0.25, -0.2) is 0 Å². The first-order valence-corrected chi connectivity index (χ1v) is 6.52. The second-order valence-corrected chi connectivity index (χ2v) is 5.39. The maximum atomic E-state index is 5.98. The van der Waals surface area contributed by atoms with Crippen LogP contribution >= 0.6 is 38.8 Å². The molecule has 0 aromatic carbocycles. The first kappa shape index (κ1) is 10.2. The van der Waals surface area contributed by atoms with Gasteiger partial charge in [-0.15, -0.1) is 16.4 Å². The zero-order valence-corrected chi connectivity index (χ0v) is 10.4. The van der Waals surface area contributed by atoms with Crippen molar-refractivity contribution in [1.29, 1.82) is 0 Å². The molecular weight excluding hydrogens is 282 g/mol. The Morgan fingerprint density at radius 3 is 2.93 bits per heavy atom. The first-order valence-electron chi connectivity index (χ1n) is 4.01. The van der Waals surface area contributed by atoms with E-state index in [2.05, 4.69) is 37.0 Å². The number of aromatic nitrogens is 2. The molecule has 1 atom stereocenters. The Morgan fingerprint density at radius 1 is 1.50 bits per heavy atom. The Balaban J connectivity index is 2.05. The normalized spacial score (nSPS) is 13.0. The second kappa shape index (κ2) is 4.48. The minimum atomic E-state index is -0.0423. The highest BCUT2D eigenvalue weighted by molar-refractivity contribution is 9.10. The lowest BCUT2D eigenvalue weighted by molar-refractivity contribution is 0.699. The smallest absolute Gasteiger partial charge is 0.0926 e. The summed E-state index contributed by atoms with van der Waals surface area (Å²) >= 11 is 6.45. The van der Waals surface area contributed by atoms with Crippen LogP contribution < -0.4 is 5.73 Å². The lowest BCUT2D eigenvalue weighted by atomic mass is 10.1. The molecule has 2 N–H and O–H groups in total. The summed E-state index contributed by atoms with van der Waals surface area (Å²) in [6.45, 7) is 0. The topological polar surface area (TPSA) is 51.8 Å². The summed E-state index contributed by atoms with van der Waals surface area (Å²) in [5.74, 6) is 0. The number of rotatable bonds is 3. The van der Waals surface area contributed by atoms with E-state index >= 15 is 0 Å². The highest BCUT2D eigenvalue weighted by Gasteiger charge is 2.10. The Kier molecular flexibility index (Phi) is 3.27. The number of hydrogen-bond acceptors (Lipinski definition) is 5. The summed E-state index contributed by atoms with van der Waals surface area (Å²) in [4.78, 5) is 1.26. The fourth-order valence-electron chi connectivity index (χ4n) is 1.12. The third kappa shape index (κ3) is 2.38. The molecule has 0 bridgehead atoms. The lowest BCUT2D eigenvalue weighted by Crippen LogP contribution is -2.13. The molecule has 0 aliphatic rings. The largest absolute Gasteiger partial charge is 0.322 e. The molecule has 6 heteroatoms. The van der Waals surface area contributed by atoms with Crippen molar-refractivity contribution in [1.82, 2.24) is 9.59 Å². The van der Waals surface area contributed by atoms with Crippen LogP contribution in [0.5, 0.6) is 0 Å². The zero-order valence-electron chi connectivity index (χ0n) is 7.18. The van der Waals surface area contributed by atoms with E-state index < -0.39 is 0 Å². The van der Waals surface area contributed by atoms with Gasteiger partial charge >= 0.3 is 0 Å². The van der Waals surface area contributed by atoms with Crippen LogP contribution in [0.15, 0.2) is 21.3 Å². The molecule has 2 heterocycles. The van der Waals surface area contributed by atoms with Crippen LogP contribution in [0, 0.1) is 0 Å². The summed E-state index contributed by atoms with van der Waals surface area (Å²) in [5, 5.41) is 7.91. The molecule has 0 aliphatic heterocycles. The van der Waals surface area contributed by atoms with Crippen LogP contribution in [-0.2, 0) is 6.42 Å². The summed E-state index contributed by atoms with van der Waals surface area (Å²) in [6.07, 6.45) is 0.821. The summed E-state index contributed by atoms with van der Waals surface area (Å²) in [5.41, 5.74) is 6.85. The van der Waals surface area contributed by atoms with Gasteiger partial charge in [0.1, 0.15) is 0 Å². The molecular formula is C8H8BrN3S2. The number of thiophene rings is 1. The number of nitrogens with zero attached hydrogens (tertiary/aromatic N) is 2. The maximum Gasteiger partial charge on any atom is 0.0926 e. The summed E-state index contributed by atoms with van der Waals surface area (Å²) in [6, 6.07) is 2.05. The molecule has 1 unspecified atom stereocenters. The van der Waals surface area contributed by atoms with Crippen LogP contribution in [0.4, 0.5) is 0 Å². The number of nitrogens with two attached hydrogens (primary N) is 1. The van der Waals surface area contributed by atoms with Crippen LogP contribution in [0.1, 0.15) is 16.6 Å². The van der Waals surface area contributed by atoms with Crippen LogP contribution in [-0.4, -0.2) is 9.59 Å². The van der Waals surface area contributed by atoms with Crippen molar-refractivity contribution < 1.29 is 0 Å². The van der Waals surface area contributed by atoms with Crippen LogP contribution in [0.3, 0.4) is 0 Å². The Bertz CT molecular complexity index is 398. The van der Waals surface area contributed by atoms with Gasteiger partial charge < -0.3 is 5.73 Å². The molecule has 3 nitrogen and oxygen atoms in total. The van der Waals surface area contributed by atoms with E-state index in [9.17, 15) is 0 Å². The highest BCUT2D eigenvalue weighted by atomic mass is 79.9. The van der Waals surface area contributed by atoms with E-state index in [1.165, 1.54) is 16.4 Å². The van der Waals surface area contributed by atoms with Crippen LogP contribution in [0.25, 0.3) is 0 Å². The minimum Gasteiger partial charge on any atom is -0.322 e. The second-order valence-electron chi connectivity index (χ2n) is 2.87. The predicted molar refractivity (Wildman–Crippen MR) is 62.6 cm³/mol. The van der Waals surface area contributed by atoms with Gasteiger partial charge in [-0.2, -0.15) is 0 Å². The van der Waals surface area contributed by atoms with Crippen molar-refractivity contribution in [3.8, 4) is 0 Å². The van der Waals surface area contributed by atoms with E-state index in [0.717, 1.165) is 16.6 Å². The average molecular weight is 290 g/mol. The Morgan fingerprint density at radius 2 is 2.36 bits per heavy atom. The molecule has 0 amide bonds. The molecule has 74 valence electrons. The molecule has 2 aromatic heterocycles. The molecule has 0 fully saturated rings. The third-order valence-corrected chi connectivity index (χ3v) is 4.04. The van der Waals surface area contributed by atoms with Gasteiger partial charge in [0, 0.05) is 26.5 Å². The van der Waals surface area contributed by atoms with Crippen molar-refractivity contribution in [2.24, 2.45) is 5.73 Å². The number of hydrogen-bond donors (Lipinski definition) is 1. The van der Waals surface area contributed by atoms with E-state index in [1.807, 2.05) is 5.38 Å². The third-order valence-electron chi connectivity index (χ3n) is 1.80. The summed E-state index contributed by atoms with van der Waals surface area (Å²) in [7, 11) is 0. The predicted octanol–water partition coefficient (Wildman–Crippen LogP) is 2.60. The van der Waals surface area contributed by atoms with Gasteiger partial charge in [0.15, 0.2) is 0 Å². The van der Waals surface area contributed by atoms with Gasteiger partial charge in [0.2, 0.25) is 0 Å². The Labute approximate surface area is 98.3 Å². The average Bonchev–Trinajstić information content (AvgIpc) is 2.75. The first-order chi connectivity index (χ1) is 6.75. The lowest BCUT2D eigenvalue weighted by Gasteiger charge is -2.04. The molecule has 2 aromatic rings. The monoisotopic (exact) mass is 289 g/mol. The van der Waals surface area contributed by atoms with E-state index in [-0.39, 0.29) is 6.04 Å². The van der Waals surface area contributed by atoms with E-state index in [0.29, 0.717) is 0 Å². The minimum absolute atomic E-state index is 0.0423. The summed E-state index contributed by atoms with van der Waals surface area (Å²) < 4.78 is 4.91. The molecule has 14 heavy (non-hydrogen) atoms. The van der Waals surface area contributed by atoms with Crippen LogP contribution in [0.2, 0.25) is 0 Å². The van der Waals surface area contributed by atoms with Crippen molar-refractivity contribution in [3.63, 3.8) is 0 Å². The number of halogens is 1. The van der Waals surface area contributed by atoms with Gasteiger partial charge in [0.25, 0.3) is 0 Å². The zero-order chi connectivity index (χ0) is 9.97. The van der Waals surface area contributed by atoms with Gasteiger partial charge in [-0.3, -0.25) is 0 Å². The maximum absolute atomic E-state index is 5.98. The molecule has 0 saturated heterocycles. The van der Waals surface area contributed by atoms with E-state index in [4.69, 9.17) is 5.73 Å². The standard InChI is InChI=1S/C8H8BrN3S2/c9-5-1-6(13-3-5)2-7(10)8-4-14-12-11-8/h1,3-4,7H,2,10H2. The van der Waals surface area contributed by atoms with E-state index in [1.54, 1.807) is 11.3 Å². The Hall–Kier alpha value is -0.300. The van der Waals surface area contributed by atoms with Crippen molar-refractivity contribution in [3.05, 3.63) is 31.9 Å². The fourth-order valence-corrected chi connectivity index (χ4v) is 3.15. The SMILES string of the molecule is NC(Cc1cc(Br)cs1)c1csnn1. The molecule has 0 radical (unpaired) electrons. The fraction of sp³-hybridized carbons (Fsp3) is 0.250. The quantitative estimate of drug-likeness (QED) is 0.945.